The van der Waals surface area contributed by atoms with Gasteiger partial charge in [-0.05, 0) is 66.5 Å². The highest BCUT2D eigenvalue weighted by atomic mass is 14.7. The van der Waals surface area contributed by atoms with Gasteiger partial charge in [0, 0.05) is 43.6 Å². The second-order valence-electron chi connectivity index (χ2n) is 7.37. The Labute approximate surface area is 163 Å². The molecule has 0 saturated carbocycles. The Bertz CT molecular complexity index is 1420. The first-order valence-corrected chi connectivity index (χ1v) is 9.59. The lowest BCUT2D eigenvalue weighted by molar-refractivity contribution is 1.20. The molecular formula is C26H22N2. The smallest absolute Gasteiger partial charge is 0.0471 e. The van der Waals surface area contributed by atoms with Gasteiger partial charge in [-0.1, -0.05) is 43.5 Å². The first-order chi connectivity index (χ1) is 13.7. The molecule has 0 saturated heterocycles. The second kappa shape index (κ2) is 6.28. The third-order valence-electron chi connectivity index (χ3n) is 5.51. The van der Waals surface area contributed by atoms with Crippen molar-refractivity contribution in [2.24, 2.45) is 0 Å². The van der Waals surface area contributed by atoms with Gasteiger partial charge in [0.15, 0.2) is 0 Å². The van der Waals surface area contributed by atoms with Crippen LogP contribution in [0.3, 0.4) is 0 Å². The van der Waals surface area contributed by atoms with Gasteiger partial charge in [0.2, 0.25) is 0 Å². The van der Waals surface area contributed by atoms with Crippen LogP contribution in [0.5, 0.6) is 0 Å². The maximum atomic E-state index is 4.31. The summed E-state index contributed by atoms with van der Waals surface area (Å²) in [5.41, 5.74) is 8.16. The van der Waals surface area contributed by atoms with Crippen LogP contribution in [0, 0.1) is 0 Å². The fourth-order valence-corrected chi connectivity index (χ4v) is 4.26. The summed E-state index contributed by atoms with van der Waals surface area (Å²) in [7, 11) is 0. The maximum Gasteiger partial charge on any atom is 0.0471 e. The fraction of sp³-hybridized carbons (Fsp3) is 0.0769. The summed E-state index contributed by atoms with van der Waals surface area (Å²) >= 11 is 0. The molecule has 5 rings (SSSR count). The van der Waals surface area contributed by atoms with Crippen molar-refractivity contribution in [2.45, 2.75) is 13.3 Å². The van der Waals surface area contributed by atoms with Crippen LogP contribution in [0.25, 0.3) is 46.1 Å². The first kappa shape index (κ1) is 16.6. The number of benzene rings is 2. The van der Waals surface area contributed by atoms with Crippen LogP contribution in [0.4, 0.5) is 0 Å². The maximum absolute atomic E-state index is 4.31. The van der Waals surface area contributed by atoms with E-state index in [9.17, 15) is 0 Å². The van der Waals surface area contributed by atoms with Gasteiger partial charge in [-0.15, -0.1) is 0 Å². The predicted octanol–water partition coefficient (Wildman–Crippen LogP) is 5.05. The van der Waals surface area contributed by atoms with E-state index in [1.54, 1.807) is 0 Å². The van der Waals surface area contributed by atoms with Gasteiger partial charge in [-0.3, -0.25) is 0 Å². The van der Waals surface area contributed by atoms with Crippen LogP contribution in [0.1, 0.15) is 29.3 Å². The van der Waals surface area contributed by atoms with Gasteiger partial charge >= 0.3 is 0 Å². The molecule has 2 aromatic heterocycles. The largest absolute Gasteiger partial charge is 0.355 e. The topological polar surface area (TPSA) is 31.6 Å². The number of rotatable bonds is 2. The molecular weight excluding hydrogens is 340 g/mol. The summed E-state index contributed by atoms with van der Waals surface area (Å²) < 4.78 is 0. The van der Waals surface area contributed by atoms with Crippen LogP contribution >= 0.6 is 0 Å². The van der Waals surface area contributed by atoms with Crippen molar-refractivity contribution in [3.63, 3.8) is 0 Å². The molecule has 1 aliphatic carbocycles. The third-order valence-corrected chi connectivity index (χ3v) is 5.51. The van der Waals surface area contributed by atoms with E-state index in [0.717, 1.165) is 34.1 Å². The lowest BCUT2D eigenvalue weighted by Crippen LogP contribution is -2.25. The van der Waals surface area contributed by atoms with E-state index in [4.69, 9.17) is 0 Å². The molecule has 0 bridgehead atoms. The van der Waals surface area contributed by atoms with Gasteiger partial charge < -0.3 is 9.97 Å². The van der Waals surface area contributed by atoms with Gasteiger partial charge in [0.05, 0.1) is 0 Å². The van der Waals surface area contributed by atoms with Crippen molar-refractivity contribution < 1.29 is 0 Å². The molecule has 0 unspecified atom stereocenters. The predicted molar refractivity (Wildman–Crippen MR) is 122 cm³/mol. The van der Waals surface area contributed by atoms with Crippen molar-refractivity contribution in [1.29, 1.82) is 0 Å². The normalized spacial score (nSPS) is 16.1. The Morgan fingerprint density at radius 1 is 1.00 bits per heavy atom. The summed E-state index contributed by atoms with van der Waals surface area (Å²) in [6, 6.07) is 13.1. The minimum absolute atomic E-state index is 0.835. The highest BCUT2D eigenvalue weighted by Crippen LogP contribution is 2.29. The van der Waals surface area contributed by atoms with Crippen molar-refractivity contribution in [3.05, 3.63) is 94.2 Å². The van der Waals surface area contributed by atoms with Crippen LogP contribution in [-0.2, 0) is 6.42 Å². The molecule has 28 heavy (non-hydrogen) atoms. The monoisotopic (exact) mass is 362 g/mol. The Morgan fingerprint density at radius 2 is 1.86 bits per heavy atom. The van der Waals surface area contributed by atoms with Crippen molar-refractivity contribution >= 4 is 46.1 Å². The van der Waals surface area contributed by atoms with Gasteiger partial charge in [-0.2, -0.15) is 0 Å². The molecule has 0 aliphatic heterocycles. The molecule has 2 aromatic carbocycles. The highest BCUT2D eigenvalue weighted by Gasteiger charge is 2.13. The van der Waals surface area contributed by atoms with Crippen LogP contribution in [0.2, 0.25) is 0 Å². The number of allylic oxidation sites excluding steroid dienone is 2. The molecule has 2 nitrogen and oxygen atoms in total. The average Bonchev–Trinajstić information content (AvgIpc) is 3.18. The minimum Gasteiger partial charge on any atom is -0.355 e. The van der Waals surface area contributed by atoms with Crippen LogP contribution < -0.4 is 10.6 Å². The van der Waals surface area contributed by atoms with E-state index in [0.29, 0.717) is 0 Å². The van der Waals surface area contributed by atoms with Gasteiger partial charge in [0.25, 0.3) is 0 Å². The Morgan fingerprint density at radius 3 is 2.68 bits per heavy atom. The molecule has 4 aromatic rings. The number of hydrogen-bond donors (Lipinski definition) is 2. The standard InChI is InChI=1S/C26H22N2/c1-4-8-23-19(5-2)21-14-18-15-26-22(20-9-6-7-10-24(20)28-26)13-17(18)11-16(3)12-25(21)27-23/h4-10,12-15,27-28H,2-3,11H2,1H3/b8-4-,21-14-,25-12+. The van der Waals surface area contributed by atoms with E-state index in [-0.39, 0.29) is 0 Å². The molecule has 2 heterocycles. The lowest BCUT2D eigenvalue weighted by Gasteiger charge is -2.10. The lowest BCUT2D eigenvalue weighted by atomic mass is 9.94. The molecule has 2 N–H and O–H groups in total. The highest BCUT2D eigenvalue weighted by molar-refractivity contribution is 6.08. The van der Waals surface area contributed by atoms with E-state index in [1.807, 2.05) is 19.1 Å². The zero-order valence-electron chi connectivity index (χ0n) is 16.0. The van der Waals surface area contributed by atoms with E-state index in [2.05, 4.69) is 77.8 Å². The summed E-state index contributed by atoms with van der Waals surface area (Å²) in [4.78, 5) is 7.09. The molecule has 136 valence electrons. The summed E-state index contributed by atoms with van der Waals surface area (Å²) in [5, 5.41) is 4.79. The number of para-hydroxylation sites is 1. The summed E-state index contributed by atoms with van der Waals surface area (Å²) in [6.45, 7) is 10.4. The third kappa shape index (κ3) is 2.49. The SMILES string of the molecule is C=Cc1c(/C=C\C)[nH]c2/c1=C\c1cc3[nH]c4ccccc4c3cc1CC(=C)\C=2. The zero-order valence-corrected chi connectivity index (χ0v) is 16.0. The fourth-order valence-electron chi connectivity index (χ4n) is 4.26. The van der Waals surface area contributed by atoms with Crippen molar-refractivity contribution in [1.82, 2.24) is 9.97 Å². The molecule has 0 spiro atoms. The average molecular weight is 362 g/mol. The number of aromatic amines is 2. The van der Waals surface area contributed by atoms with Crippen molar-refractivity contribution in [3.8, 4) is 0 Å². The number of aromatic nitrogens is 2. The van der Waals surface area contributed by atoms with E-state index in [1.165, 1.54) is 32.6 Å². The van der Waals surface area contributed by atoms with Crippen LogP contribution in [-0.4, -0.2) is 9.97 Å². The van der Waals surface area contributed by atoms with Gasteiger partial charge in [0.1, 0.15) is 0 Å². The Hall–Kier alpha value is -3.52. The summed E-state index contributed by atoms with van der Waals surface area (Å²) in [5.74, 6) is 0. The Balaban J connectivity index is 1.88. The Kier molecular flexibility index (Phi) is 3.73. The molecule has 0 radical (unpaired) electrons. The minimum atomic E-state index is 0.835. The molecule has 0 fully saturated rings. The van der Waals surface area contributed by atoms with E-state index < -0.39 is 0 Å². The summed E-state index contributed by atoms with van der Waals surface area (Å²) in [6.07, 6.45) is 11.3. The van der Waals surface area contributed by atoms with E-state index >= 15 is 0 Å². The first-order valence-electron chi connectivity index (χ1n) is 9.59. The molecule has 0 amide bonds. The molecule has 0 atom stereocenters. The quantitative estimate of drug-likeness (QED) is 0.500. The number of hydrogen-bond acceptors (Lipinski definition) is 0. The number of H-pyrrole nitrogens is 2. The van der Waals surface area contributed by atoms with Crippen LogP contribution in [0.15, 0.2) is 61.2 Å². The number of nitrogens with one attached hydrogen (secondary N) is 2. The second-order valence-corrected chi connectivity index (χ2v) is 7.37. The number of fused-ring (bicyclic) bond motifs is 5. The zero-order chi connectivity index (χ0) is 19.3. The molecule has 2 heteroatoms. The molecule has 1 aliphatic rings. The van der Waals surface area contributed by atoms with Gasteiger partial charge in [-0.25, -0.2) is 0 Å². The van der Waals surface area contributed by atoms with Crippen molar-refractivity contribution in [2.75, 3.05) is 0 Å².